The summed E-state index contributed by atoms with van der Waals surface area (Å²) in [6, 6.07) is 8.29. The molecular formula is C10H12N. The first-order valence-corrected chi connectivity index (χ1v) is 4.03. The van der Waals surface area contributed by atoms with Crippen LogP contribution in [0, 0.1) is 0 Å². The lowest BCUT2D eigenvalue weighted by Gasteiger charge is -2.16. The molecule has 0 aliphatic heterocycles. The van der Waals surface area contributed by atoms with Crippen molar-refractivity contribution in [2.45, 2.75) is 25.3 Å². The highest BCUT2D eigenvalue weighted by molar-refractivity contribution is 5.37. The van der Waals surface area contributed by atoms with Crippen LogP contribution in [0.4, 0.5) is 0 Å². The lowest BCUT2D eigenvalue weighted by molar-refractivity contribution is 0.473. The van der Waals surface area contributed by atoms with Crippen LogP contribution in [0.3, 0.4) is 0 Å². The Hall–Kier alpha value is -0.820. The standard InChI is InChI=1S/C10H12N/c1-10(11)7-6-8-4-2-3-5-9(8)10/h2-5,11H,6-7H2,1H3. The third-order valence-corrected chi connectivity index (χ3v) is 2.51. The zero-order valence-electron chi connectivity index (χ0n) is 6.72. The van der Waals surface area contributed by atoms with Crippen molar-refractivity contribution >= 4 is 0 Å². The summed E-state index contributed by atoms with van der Waals surface area (Å²) in [5.74, 6) is 0. The van der Waals surface area contributed by atoms with E-state index in [2.05, 4.69) is 18.2 Å². The zero-order valence-corrected chi connectivity index (χ0v) is 6.72. The van der Waals surface area contributed by atoms with E-state index in [9.17, 15) is 0 Å². The van der Waals surface area contributed by atoms with Gasteiger partial charge in [-0.15, -0.1) is 0 Å². The van der Waals surface area contributed by atoms with Crippen LogP contribution < -0.4 is 5.73 Å². The van der Waals surface area contributed by atoms with E-state index in [1.54, 1.807) is 0 Å². The molecule has 0 bridgehead atoms. The minimum absolute atomic E-state index is 0.323. The average Bonchev–Trinajstić information content (AvgIpc) is 2.29. The summed E-state index contributed by atoms with van der Waals surface area (Å²) in [6.07, 6.45) is 2.06. The maximum atomic E-state index is 7.97. The maximum absolute atomic E-state index is 7.97. The van der Waals surface area contributed by atoms with Crippen molar-refractivity contribution in [2.24, 2.45) is 0 Å². The third kappa shape index (κ3) is 0.962. The fourth-order valence-electron chi connectivity index (χ4n) is 1.80. The molecule has 1 aromatic carbocycles. The quantitative estimate of drug-likeness (QED) is 0.535. The minimum Gasteiger partial charge on any atom is -0.247 e. The topological polar surface area (TPSA) is 23.8 Å². The van der Waals surface area contributed by atoms with E-state index in [1.165, 1.54) is 11.1 Å². The normalized spacial score (nSPS) is 28.5. The molecule has 2 rings (SSSR count). The fraction of sp³-hybridized carbons (Fsp3) is 0.400. The van der Waals surface area contributed by atoms with E-state index in [-0.39, 0.29) is 5.54 Å². The highest BCUT2D eigenvalue weighted by Gasteiger charge is 2.30. The van der Waals surface area contributed by atoms with Gasteiger partial charge in [-0.3, -0.25) is 0 Å². The number of benzene rings is 1. The second kappa shape index (κ2) is 2.08. The van der Waals surface area contributed by atoms with Gasteiger partial charge in [-0.25, -0.2) is 5.73 Å². The van der Waals surface area contributed by atoms with Crippen molar-refractivity contribution in [1.82, 2.24) is 5.73 Å². The van der Waals surface area contributed by atoms with Crippen molar-refractivity contribution < 1.29 is 0 Å². The van der Waals surface area contributed by atoms with Gasteiger partial charge in [0.2, 0.25) is 0 Å². The molecule has 0 saturated heterocycles. The van der Waals surface area contributed by atoms with Crippen LogP contribution in [0.1, 0.15) is 24.5 Å². The molecule has 0 heterocycles. The molecule has 0 aromatic heterocycles. The van der Waals surface area contributed by atoms with Gasteiger partial charge in [0.15, 0.2) is 0 Å². The highest BCUT2D eigenvalue weighted by atomic mass is 14.7. The molecule has 1 heteroatoms. The Morgan fingerprint density at radius 3 is 2.82 bits per heavy atom. The lowest BCUT2D eigenvalue weighted by Crippen LogP contribution is -2.18. The average molecular weight is 146 g/mol. The van der Waals surface area contributed by atoms with E-state index >= 15 is 0 Å². The molecule has 1 unspecified atom stereocenters. The first-order valence-electron chi connectivity index (χ1n) is 4.03. The molecule has 1 aliphatic carbocycles. The Kier molecular flexibility index (Phi) is 1.30. The SMILES string of the molecule is CC1([NH])CCc2ccccc21. The molecular weight excluding hydrogens is 134 g/mol. The summed E-state index contributed by atoms with van der Waals surface area (Å²) < 4.78 is 0. The van der Waals surface area contributed by atoms with E-state index in [1.807, 2.05) is 13.0 Å². The summed E-state index contributed by atoms with van der Waals surface area (Å²) in [6.45, 7) is 2.00. The number of rotatable bonds is 0. The smallest absolute Gasteiger partial charge is 0.0550 e. The molecule has 1 nitrogen and oxygen atoms in total. The van der Waals surface area contributed by atoms with Gasteiger partial charge in [-0.1, -0.05) is 24.3 Å². The second-order valence-electron chi connectivity index (χ2n) is 3.49. The van der Waals surface area contributed by atoms with Gasteiger partial charge in [-0.2, -0.15) is 0 Å². The molecule has 1 aliphatic rings. The van der Waals surface area contributed by atoms with Crippen LogP contribution in [0.25, 0.3) is 0 Å². The molecule has 57 valence electrons. The van der Waals surface area contributed by atoms with Crippen LogP contribution in [-0.2, 0) is 12.0 Å². The molecule has 0 amide bonds. The fourth-order valence-corrected chi connectivity index (χ4v) is 1.80. The molecule has 1 aromatic rings. The number of hydrogen-bond acceptors (Lipinski definition) is 0. The van der Waals surface area contributed by atoms with Crippen LogP contribution in [-0.4, -0.2) is 0 Å². The summed E-state index contributed by atoms with van der Waals surface area (Å²) in [7, 11) is 0. The van der Waals surface area contributed by atoms with Crippen molar-refractivity contribution in [3.05, 3.63) is 35.4 Å². The van der Waals surface area contributed by atoms with Crippen LogP contribution in [0.15, 0.2) is 24.3 Å². The van der Waals surface area contributed by atoms with Gasteiger partial charge in [0.05, 0.1) is 5.54 Å². The van der Waals surface area contributed by atoms with Gasteiger partial charge in [0, 0.05) is 0 Å². The Bertz CT molecular complexity index is 276. The van der Waals surface area contributed by atoms with Gasteiger partial charge in [-0.05, 0) is 30.9 Å². The first kappa shape index (κ1) is 6.86. The molecule has 1 N–H and O–H groups in total. The Labute approximate surface area is 67.2 Å². The minimum atomic E-state index is -0.323. The Morgan fingerprint density at radius 1 is 1.36 bits per heavy atom. The summed E-state index contributed by atoms with van der Waals surface area (Å²) >= 11 is 0. The number of nitrogens with one attached hydrogen (secondary N) is 1. The highest BCUT2D eigenvalue weighted by Crippen LogP contribution is 2.34. The lowest BCUT2D eigenvalue weighted by atomic mass is 9.96. The predicted molar refractivity (Wildman–Crippen MR) is 45.2 cm³/mol. The van der Waals surface area contributed by atoms with E-state index in [0.717, 1.165) is 12.8 Å². The second-order valence-corrected chi connectivity index (χ2v) is 3.49. The van der Waals surface area contributed by atoms with Gasteiger partial charge in [0.1, 0.15) is 0 Å². The number of hydrogen-bond donors (Lipinski definition) is 0. The summed E-state index contributed by atoms with van der Waals surface area (Å²) in [5.41, 5.74) is 10.2. The molecule has 0 spiro atoms. The summed E-state index contributed by atoms with van der Waals surface area (Å²) in [4.78, 5) is 0. The number of fused-ring (bicyclic) bond motifs is 1. The molecule has 0 saturated carbocycles. The largest absolute Gasteiger partial charge is 0.247 e. The number of aryl methyl sites for hydroxylation is 1. The van der Waals surface area contributed by atoms with Crippen LogP contribution >= 0.6 is 0 Å². The molecule has 0 fully saturated rings. The molecule has 1 atom stereocenters. The van der Waals surface area contributed by atoms with Crippen molar-refractivity contribution in [3.63, 3.8) is 0 Å². The van der Waals surface area contributed by atoms with Crippen LogP contribution in [0.5, 0.6) is 0 Å². The van der Waals surface area contributed by atoms with E-state index in [0.29, 0.717) is 0 Å². The van der Waals surface area contributed by atoms with Gasteiger partial charge in [0.25, 0.3) is 0 Å². The first-order chi connectivity index (χ1) is 5.20. The maximum Gasteiger partial charge on any atom is 0.0550 e. The molecule has 11 heavy (non-hydrogen) atoms. The third-order valence-electron chi connectivity index (χ3n) is 2.51. The van der Waals surface area contributed by atoms with Gasteiger partial charge < -0.3 is 0 Å². The van der Waals surface area contributed by atoms with E-state index in [4.69, 9.17) is 5.73 Å². The Morgan fingerprint density at radius 2 is 2.09 bits per heavy atom. The van der Waals surface area contributed by atoms with Crippen LogP contribution in [0.2, 0.25) is 0 Å². The molecule has 1 radical (unpaired) electrons. The Balaban J connectivity index is 2.56. The van der Waals surface area contributed by atoms with Gasteiger partial charge >= 0.3 is 0 Å². The van der Waals surface area contributed by atoms with E-state index < -0.39 is 0 Å². The summed E-state index contributed by atoms with van der Waals surface area (Å²) in [5, 5.41) is 0. The van der Waals surface area contributed by atoms with Crippen molar-refractivity contribution in [1.29, 1.82) is 0 Å². The monoisotopic (exact) mass is 146 g/mol. The predicted octanol–water partition coefficient (Wildman–Crippen LogP) is 2.13. The van der Waals surface area contributed by atoms with Crippen molar-refractivity contribution in [3.8, 4) is 0 Å². The van der Waals surface area contributed by atoms with Crippen molar-refractivity contribution in [2.75, 3.05) is 0 Å². The zero-order chi connectivity index (χ0) is 7.90.